The summed E-state index contributed by atoms with van der Waals surface area (Å²) in [5.74, 6) is 0.845. The van der Waals surface area contributed by atoms with Crippen molar-refractivity contribution < 1.29 is 14.3 Å². The SMILES string of the molecule is CN(CC(=O)NC(C)(C)C)C(=O)c1cccc(Oc2ccccc2)c1. The van der Waals surface area contributed by atoms with E-state index in [1.54, 1.807) is 31.3 Å². The first-order chi connectivity index (χ1) is 11.7. The molecule has 0 unspecified atom stereocenters. The molecule has 132 valence electrons. The van der Waals surface area contributed by atoms with Gasteiger partial charge in [-0.15, -0.1) is 0 Å². The largest absolute Gasteiger partial charge is 0.457 e. The third kappa shape index (κ3) is 5.95. The fraction of sp³-hybridized carbons (Fsp3) is 0.300. The zero-order valence-corrected chi connectivity index (χ0v) is 15.1. The van der Waals surface area contributed by atoms with Gasteiger partial charge in [-0.2, -0.15) is 0 Å². The van der Waals surface area contributed by atoms with Crippen molar-refractivity contribution in [3.63, 3.8) is 0 Å². The van der Waals surface area contributed by atoms with Gasteiger partial charge in [-0.25, -0.2) is 0 Å². The molecule has 0 aliphatic carbocycles. The van der Waals surface area contributed by atoms with Gasteiger partial charge in [0, 0.05) is 18.2 Å². The summed E-state index contributed by atoms with van der Waals surface area (Å²) in [6.45, 7) is 5.70. The van der Waals surface area contributed by atoms with Crippen molar-refractivity contribution in [1.82, 2.24) is 10.2 Å². The fourth-order valence-corrected chi connectivity index (χ4v) is 2.28. The molecule has 0 aromatic heterocycles. The molecule has 2 amide bonds. The molecular formula is C20H24N2O3. The molecule has 2 aromatic rings. The van der Waals surface area contributed by atoms with Crippen molar-refractivity contribution in [3.8, 4) is 11.5 Å². The summed E-state index contributed by atoms with van der Waals surface area (Å²) >= 11 is 0. The number of carbonyl (C=O) groups excluding carboxylic acids is 2. The monoisotopic (exact) mass is 340 g/mol. The lowest BCUT2D eigenvalue weighted by Gasteiger charge is -2.23. The molecule has 0 radical (unpaired) electrons. The van der Waals surface area contributed by atoms with Crippen molar-refractivity contribution in [2.45, 2.75) is 26.3 Å². The molecule has 2 rings (SSSR count). The minimum absolute atomic E-state index is 0.000126. The molecule has 0 atom stereocenters. The molecule has 0 heterocycles. The van der Waals surface area contributed by atoms with Gasteiger partial charge in [-0.1, -0.05) is 24.3 Å². The standard InChI is InChI=1S/C20H24N2O3/c1-20(2,3)21-18(23)14-22(4)19(24)15-9-8-12-17(13-15)25-16-10-6-5-7-11-16/h5-13H,14H2,1-4H3,(H,21,23). The number of likely N-dealkylation sites (N-methyl/N-ethyl adjacent to an activating group) is 1. The van der Waals surface area contributed by atoms with Crippen molar-refractivity contribution in [2.24, 2.45) is 0 Å². The van der Waals surface area contributed by atoms with Gasteiger partial charge in [0.1, 0.15) is 11.5 Å². The first-order valence-corrected chi connectivity index (χ1v) is 8.14. The lowest BCUT2D eigenvalue weighted by Crippen LogP contribution is -2.46. The maximum Gasteiger partial charge on any atom is 0.254 e. The fourth-order valence-electron chi connectivity index (χ4n) is 2.28. The lowest BCUT2D eigenvalue weighted by molar-refractivity contribution is -0.122. The van der Waals surface area contributed by atoms with Crippen molar-refractivity contribution in [3.05, 3.63) is 60.2 Å². The van der Waals surface area contributed by atoms with Gasteiger partial charge in [0.05, 0.1) is 6.54 Å². The Balaban J connectivity index is 2.04. The van der Waals surface area contributed by atoms with Crippen LogP contribution in [0.2, 0.25) is 0 Å². The van der Waals surface area contributed by atoms with Crippen LogP contribution in [0.5, 0.6) is 11.5 Å². The first kappa shape index (κ1) is 18.5. The molecule has 0 aliphatic heterocycles. The molecule has 5 heteroatoms. The van der Waals surface area contributed by atoms with E-state index in [-0.39, 0.29) is 23.9 Å². The Hall–Kier alpha value is -2.82. The molecule has 0 aliphatic rings. The minimum atomic E-state index is -0.329. The second-order valence-corrected chi connectivity index (χ2v) is 6.90. The van der Waals surface area contributed by atoms with Crippen molar-refractivity contribution in [2.75, 3.05) is 13.6 Å². The van der Waals surface area contributed by atoms with E-state index < -0.39 is 0 Å². The van der Waals surface area contributed by atoms with E-state index in [0.29, 0.717) is 17.1 Å². The molecule has 1 N–H and O–H groups in total. The molecule has 0 fully saturated rings. The second kappa shape index (κ2) is 7.83. The highest BCUT2D eigenvalue weighted by Gasteiger charge is 2.19. The van der Waals surface area contributed by atoms with E-state index in [1.165, 1.54) is 4.90 Å². The molecule has 2 aromatic carbocycles. The van der Waals surface area contributed by atoms with Gasteiger partial charge in [-0.05, 0) is 51.1 Å². The Kier molecular flexibility index (Phi) is 5.80. The van der Waals surface area contributed by atoms with E-state index >= 15 is 0 Å². The lowest BCUT2D eigenvalue weighted by atomic mass is 10.1. The van der Waals surface area contributed by atoms with E-state index in [1.807, 2.05) is 51.1 Å². The van der Waals surface area contributed by atoms with Crippen LogP contribution >= 0.6 is 0 Å². The molecule has 0 spiro atoms. The number of amides is 2. The van der Waals surface area contributed by atoms with Gasteiger partial charge in [0.25, 0.3) is 5.91 Å². The van der Waals surface area contributed by atoms with Crippen LogP contribution in [0.3, 0.4) is 0 Å². The van der Waals surface area contributed by atoms with Gasteiger partial charge >= 0.3 is 0 Å². The van der Waals surface area contributed by atoms with Gasteiger partial charge in [0.2, 0.25) is 5.91 Å². The molecule has 25 heavy (non-hydrogen) atoms. The van der Waals surface area contributed by atoms with Crippen LogP contribution in [0.4, 0.5) is 0 Å². The molecule has 0 bridgehead atoms. The maximum absolute atomic E-state index is 12.5. The van der Waals surface area contributed by atoms with Crippen LogP contribution in [0.25, 0.3) is 0 Å². The Morgan fingerprint density at radius 3 is 2.28 bits per heavy atom. The van der Waals surface area contributed by atoms with Crippen LogP contribution in [-0.4, -0.2) is 35.8 Å². The number of carbonyl (C=O) groups is 2. The molecule has 0 saturated carbocycles. The number of hydrogen-bond donors (Lipinski definition) is 1. The number of rotatable bonds is 5. The van der Waals surface area contributed by atoms with Crippen molar-refractivity contribution >= 4 is 11.8 Å². The third-order valence-electron chi connectivity index (χ3n) is 3.30. The summed E-state index contributed by atoms with van der Waals surface area (Å²) in [5.41, 5.74) is 0.143. The van der Waals surface area contributed by atoms with Gasteiger partial charge in [-0.3, -0.25) is 9.59 Å². The zero-order valence-electron chi connectivity index (χ0n) is 15.1. The quantitative estimate of drug-likeness (QED) is 0.907. The van der Waals surface area contributed by atoms with E-state index in [4.69, 9.17) is 4.74 Å². The Labute approximate surface area is 148 Å². The summed E-state index contributed by atoms with van der Waals surface area (Å²) in [6, 6.07) is 16.3. The van der Waals surface area contributed by atoms with Crippen LogP contribution in [0.15, 0.2) is 54.6 Å². The average Bonchev–Trinajstić information content (AvgIpc) is 2.53. The normalized spacial score (nSPS) is 10.9. The predicted octanol–water partition coefficient (Wildman–Crippen LogP) is 3.47. The summed E-state index contributed by atoms with van der Waals surface area (Å²) in [6.07, 6.45) is 0. The van der Waals surface area contributed by atoms with Crippen LogP contribution in [-0.2, 0) is 4.79 Å². The van der Waals surface area contributed by atoms with Crippen LogP contribution < -0.4 is 10.1 Å². The topological polar surface area (TPSA) is 58.6 Å². The van der Waals surface area contributed by atoms with E-state index in [0.717, 1.165) is 0 Å². The summed E-state index contributed by atoms with van der Waals surface area (Å²) < 4.78 is 5.75. The third-order valence-corrected chi connectivity index (χ3v) is 3.30. The summed E-state index contributed by atoms with van der Waals surface area (Å²) in [7, 11) is 1.61. The number of nitrogens with zero attached hydrogens (tertiary/aromatic N) is 1. The van der Waals surface area contributed by atoms with E-state index in [2.05, 4.69) is 5.32 Å². The number of ether oxygens (including phenoxy) is 1. The maximum atomic E-state index is 12.5. The Bertz CT molecular complexity index is 736. The van der Waals surface area contributed by atoms with Gasteiger partial charge in [0.15, 0.2) is 0 Å². The predicted molar refractivity (Wildman–Crippen MR) is 97.8 cm³/mol. The summed E-state index contributed by atoms with van der Waals surface area (Å²) in [4.78, 5) is 25.9. The first-order valence-electron chi connectivity index (χ1n) is 8.14. The van der Waals surface area contributed by atoms with E-state index in [9.17, 15) is 9.59 Å². The van der Waals surface area contributed by atoms with Crippen LogP contribution in [0.1, 0.15) is 31.1 Å². The highest BCUT2D eigenvalue weighted by Crippen LogP contribution is 2.22. The Morgan fingerprint density at radius 1 is 1.00 bits per heavy atom. The average molecular weight is 340 g/mol. The minimum Gasteiger partial charge on any atom is -0.457 e. The number of benzene rings is 2. The Morgan fingerprint density at radius 2 is 1.64 bits per heavy atom. The number of nitrogens with one attached hydrogen (secondary N) is 1. The molecular weight excluding hydrogens is 316 g/mol. The summed E-state index contributed by atoms with van der Waals surface area (Å²) in [5, 5.41) is 2.84. The van der Waals surface area contributed by atoms with Gasteiger partial charge < -0.3 is 15.0 Å². The number of para-hydroxylation sites is 1. The molecule has 5 nitrogen and oxygen atoms in total. The highest BCUT2D eigenvalue weighted by molar-refractivity contribution is 5.96. The van der Waals surface area contributed by atoms with Crippen molar-refractivity contribution in [1.29, 1.82) is 0 Å². The molecule has 0 saturated heterocycles. The number of hydrogen-bond acceptors (Lipinski definition) is 3. The smallest absolute Gasteiger partial charge is 0.254 e. The second-order valence-electron chi connectivity index (χ2n) is 6.90. The zero-order chi connectivity index (χ0) is 18.4. The van der Waals surface area contributed by atoms with Crippen LogP contribution in [0, 0.1) is 0 Å². The highest BCUT2D eigenvalue weighted by atomic mass is 16.5.